The van der Waals surface area contributed by atoms with Gasteiger partial charge < -0.3 is 9.47 Å². The molecule has 176 valence electrons. The first kappa shape index (κ1) is 22.8. The van der Waals surface area contributed by atoms with Crippen molar-refractivity contribution in [3.05, 3.63) is 109 Å². The van der Waals surface area contributed by atoms with Gasteiger partial charge in [0, 0.05) is 5.56 Å². The van der Waals surface area contributed by atoms with Crippen LogP contribution in [0.1, 0.15) is 31.0 Å². The first-order valence-corrected chi connectivity index (χ1v) is 12.2. The van der Waals surface area contributed by atoms with E-state index in [1.165, 1.54) is 11.3 Å². The molecule has 0 unspecified atom stereocenters. The maximum absolute atomic E-state index is 13.8. The summed E-state index contributed by atoms with van der Waals surface area (Å²) in [5, 5.41) is 2.04. The number of hydrogen-bond acceptors (Lipinski definition) is 6. The van der Waals surface area contributed by atoms with Crippen LogP contribution in [-0.2, 0) is 9.53 Å². The zero-order valence-corrected chi connectivity index (χ0v) is 20.5. The average Bonchev–Trinajstić information content (AvgIpc) is 3.18. The highest BCUT2D eigenvalue weighted by Gasteiger charge is 2.33. The highest BCUT2D eigenvalue weighted by atomic mass is 32.1. The number of thiazole rings is 1. The van der Waals surface area contributed by atoms with Crippen LogP contribution in [0, 0.1) is 0 Å². The first-order chi connectivity index (χ1) is 17.0. The SMILES string of the molecule is CCOC(=O)C1=C(C)N=c2s/c(=C\c3c(OC)ccc4ccccc34)c(=O)n2[C@@H]1c1ccccc1. The van der Waals surface area contributed by atoms with E-state index in [1.54, 1.807) is 25.5 Å². The van der Waals surface area contributed by atoms with E-state index in [-0.39, 0.29) is 12.2 Å². The van der Waals surface area contributed by atoms with Gasteiger partial charge in [0.2, 0.25) is 0 Å². The molecule has 0 fully saturated rings. The van der Waals surface area contributed by atoms with Crippen LogP contribution in [-0.4, -0.2) is 24.3 Å². The molecule has 0 amide bonds. The van der Waals surface area contributed by atoms with Crippen molar-refractivity contribution in [3.8, 4) is 5.75 Å². The highest BCUT2D eigenvalue weighted by Crippen LogP contribution is 2.31. The van der Waals surface area contributed by atoms with E-state index in [9.17, 15) is 9.59 Å². The molecule has 7 heteroatoms. The Labute approximate surface area is 206 Å². The number of aromatic nitrogens is 1. The number of benzene rings is 3. The van der Waals surface area contributed by atoms with Crippen molar-refractivity contribution in [1.29, 1.82) is 0 Å². The molecular weight excluding hydrogens is 460 g/mol. The highest BCUT2D eigenvalue weighted by molar-refractivity contribution is 7.07. The van der Waals surface area contributed by atoms with Gasteiger partial charge in [-0.25, -0.2) is 9.79 Å². The van der Waals surface area contributed by atoms with Gasteiger partial charge in [-0.2, -0.15) is 0 Å². The summed E-state index contributed by atoms with van der Waals surface area (Å²) in [7, 11) is 1.62. The van der Waals surface area contributed by atoms with E-state index in [2.05, 4.69) is 4.99 Å². The molecule has 1 atom stereocenters. The summed E-state index contributed by atoms with van der Waals surface area (Å²) in [6.07, 6.45) is 1.86. The Morgan fingerprint density at radius 1 is 1.09 bits per heavy atom. The van der Waals surface area contributed by atoms with Crippen molar-refractivity contribution in [2.24, 2.45) is 4.99 Å². The minimum Gasteiger partial charge on any atom is -0.496 e. The maximum Gasteiger partial charge on any atom is 0.338 e. The number of esters is 1. The van der Waals surface area contributed by atoms with E-state index in [0.29, 0.717) is 26.4 Å². The number of hydrogen-bond donors (Lipinski definition) is 0. The van der Waals surface area contributed by atoms with E-state index in [4.69, 9.17) is 9.47 Å². The minimum absolute atomic E-state index is 0.216. The lowest BCUT2D eigenvalue weighted by molar-refractivity contribution is -0.139. The lowest BCUT2D eigenvalue weighted by Crippen LogP contribution is -2.39. The number of carbonyl (C=O) groups is 1. The summed E-state index contributed by atoms with van der Waals surface area (Å²) in [5.41, 5.74) is 2.35. The molecule has 0 spiro atoms. The summed E-state index contributed by atoms with van der Waals surface area (Å²) in [6.45, 7) is 3.79. The quantitative estimate of drug-likeness (QED) is 0.402. The summed E-state index contributed by atoms with van der Waals surface area (Å²) in [6, 6.07) is 20.8. The predicted molar refractivity (Wildman–Crippen MR) is 137 cm³/mol. The van der Waals surface area contributed by atoms with E-state index in [1.807, 2.05) is 72.8 Å². The molecule has 0 saturated heterocycles. The largest absolute Gasteiger partial charge is 0.496 e. The number of nitrogens with zero attached hydrogens (tertiary/aromatic N) is 2. The van der Waals surface area contributed by atoms with Gasteiger partial charge in [-0.1, -0.05) is 72.0 Å². The summed E-state index contributed by atoms with van der Waals surface area (Å²) in [5.74, 6) is 0.213. The van der Waals surface area contributed by atoms with Crippen LogP contribution in [0.2, 0.25) is 0 Å². The van der Waals surface area contributed by atoms with Gasteiger partial charge >= 0.3 is 5.97 Å². The van der Waals surface area contributed by atoms with Crippen LogP contribution in [0.4, 0.5) is 0 Å². The number of rotatable bonds is 5. The lowest BCUT2D eigenvalue weighted by atomic mass is 9.96. The van der Waals surface area contributed by atoms with Gasteiger partial charge in [0.15, 0.2) is 4.80 Å². The molecule has 1 aromatic heterocycles. The Balaban J connectivity index is 1.78. The van der Waals surface area contributed by atoms with Crippen molar-refractivity contribution in [1.82, 2.24) is 4.57 Å². The predicted octanol–water partition coefficient (Wildman–Crippen LogP) is 3.96. The van der Waals surface area contributed by atoms with E-state index in [0.717, 1.165) is 21.9 Å². The third-order valence-corrected chi connectivity index (χ3v) is 7.04. The van der Waals surface area contributed by atoms with Crippen molar-refractivity contribution < 1.29 is 14.3 Å². The third kappa shape index (κ3) is 3.98. The zero-order chi connectivity index (χ0) is 24.5. The van der Waals surface area contributed by atoms with Crippen LogP contribution in [0.15, 0.2) is 87.8 Å². The van der Waals surface area contributed by atoms with Gasteiger partial charge in [-0.05, 0) is 42.3 Å². The summed E-state index contributed by atoms with van der Waals surface area (Å²) < 4.78 is 13.1. The Hall–Kier alpha value is -3.97. The van der Waals surface area contributed by atoms with Gasteiger partial charge in [0.05, 0.1) is 35.6 Å². The third-order valence-electron chi connectivity index (χ3n) is 6.06. The number of ether oxygens (including phenoxy) is 2. The molecule has 6 nitrogen and oxygen atoms in total. The Kier molecular flexibility index (Phi) is 6.09. The van der Waals surface area contributed by atoms with Crippen molar-refractivity contribution in [2.75, 3.05) is 13.7 Å². The number of carbonyl (C=O) groups excluding carboxylic acids is 1. The fourth-order valence-electron chi connectivity index (χ4n) is 4.48. The van der Waals surface area contributed by atoms with E-state index >= 15 is 0 Å². The molecule has 1 aliphatic rings. The molecule has 5 rings (SSSR count). The van der Waals surface area contributed by atoms with Crippen molar-refractivity contribution in [2.45, 2.75) is 19.9 Å². The Morgan fingerprint density at radius 2 is 1.83 bits per heavy atom. The molecule has 4 aromatic rings. The summed E-state index contributed by atoms with van der Waals surface area (Å²) >= 11 is 1.30. The molecule has 3 aromatic carbocycles. The second kappa shape index (κ2) is 9.35. The fourth-order valence-corrected chi connectivity index (χ4v) is 5.50. The second-order valence-corrected chi connectivity index (χ2v) is 9.12. The van der Waals surface area contributed by atoms with Crippen LogP contribution in [0.25, 0.3) is 16.8 Å². The van der Waals surface area contributed by atoms with Gasteiger partial charge in [0.25, 0.3) is 5.56 Å². The van der Waals surface area contributed by atoms with Crippen molar-refractivity contribution in [3.63, 3.8) is 0 Å². The van der Waals surface area contributed by atoms with Gasteiger partial charge in [0.1, 0.15) is 5.75 Å². The zero-order valence-electron chi connectivity index (χ0n) is 19.6. The van der Waals surface area contributed by atoms with Crippen LogP contribution < -0.4 is 19.6 Å². The molecule has 0 saturated carbocycles. The van der Waals surface area contributed by atoms with E-state index < -0.39 is 12.0 Å². The van der Waals surface area contributed by atoms with Gasteiger partial charge in [-0.15, -0.1) is 0 Å². The van der Waals surface area contributed by atoms with Crippen LogP contribution >= 0.6 is 11.3 Å². The number of fused-ring (bicyclic) bond motifs is 2. The monoisotopic (exact) mass is 484 g/mol. The Bertz CT molecular complexity index is 1650. The molecule has 35 heavy (non-hydrogen) atoms. The molecule has 0 aliphatic carbocycles. The average molecular weight is 485 g/mol. The standard InChI is InChI=1S/C28H24N2O4S/c1-4-34-27(32)24-17(2)29-28-30(25(24)19-11-6-5-7-12-19)26(31)23(35-28)16-21-20-13-9-8-10-18(20)14-15-22(21)33-3/h5-16,25H,4H2,1-3H3/b23-16-/t25-/m1/s1. The smallest absolute Gasteiger partial charge is 0.338 e. The molecule has 2 heterocycles. The molecule has 0 bridgehead atoms. The molecule has 1 aliphatic heterocycles. The minimum atomic E-state index is -0.622. The lowest BCUT2D eigenvalue weighted by Gasteiger charge is -2.24. The molecule has 0 radical (unpaired) electrons. The second-order valence-electron chi connectivity index (χ2n) is 8.12. The first-order valence-electron chi connectivity index (χ1n) is 11.3. The summed E-state index contributed by atoms with van der Waals surface area (Å²) in [4.78, 5) is 32.0. The fraction of sp³-hybridized carbons (Fsp3) is 0.179. The normalized spacial score (nSPS) is 15.6. The van der Waals surface area contributed by atoms with Gasteiger partial charge in [-0.3, -0.25) is 9.36 Å². The number of methoxy groups -OCH3 is 1. The topological polar surface area (TPSA) is 69.9 Å². The van der Waals surface area contributed by atoms with Crippen molar-refractivity contribution >= 4 is 34.2 Å². The van der Waals surface area contributed by atoms with Crippen LogP contribution in [0.3, 0.4) is 0 Å². The molecule has 0 N–H and O–H groups in total. The Morgan fingerprint density at radius 3 is 2.57 bits per heavy atom. The molecular formula is C28H24N2O4S. The maximum atomic E-state index is 13.8. The number of allylic oxidation sites excluding steroid dienone is 1. The van der Waals surface area contributed by atoms with Crippen LogP contribution in [0.5, 0.6) is 5.75 Å².